The van der Waals surface area contributed by atoms with Crippen molar-refractivity contribution in [2.45, 2.75) is 0 Å². The van der Waals surface area contributed by atoms with E-state index in [1.54, 1.807) is 0 Å². The number of rotatable bonds is 0. The summed E-state index contributed by atoms with van der Waals surface area (Å²) in [4.78, 5) is 4.46. The van der Waals surface area contributed by atoms with Crippen LogP contribution in [0.5, 0.6) is 0 Å². The standard InChI is InChI=1S/C14H9N3/c1-2-5-10-9(4-1)11-6-3-7-15-13(11)14-12(10)8-16-17-14/h1-8H,(H,16,17). The number of H-pyrrole nitrogens is 1. The highest BCUT2D eigenvalue weighted by atomic mass is 15.1. The largest absolute Gasteiger partial charge is 0.276 e. The maximum Gasteiger partial charge on any atom is 0.0965 e. The molecule has 0 radical (unpaired) electrons. The zero-order valence-electron chi connectivity index (χ0n) is 9.01. The molecule has 0 amide bonds. The molecule has 4 aromatic rings. The van der Waals surface area contributed by atoms with E-state index in [-0.39, 0.29) is 0 Å². The molecule has 4 rings (SSSR count). The van der Waals surface area contributed by atoms with Crippen molar-refractivity contribution in [2.75, 3.05) is 0 Å². The maximum absolute atomic E-state index is 4.46. The molecule has 0 atom stereocenters. The Morgan fingerprint density at radius 3 is 2.47 bits per heavy atom. The van der Waals surface area contributed by atoms with Crippen LogP contribution >= 0.6 is 0 Å². The Morgan fingerprint density at radius 1 is 0.824 bits per heavy atom. The van der Waals surface area contributed by atoms with Crippen molar-refractivity contribution in [3.05, 3.63) is 48.8 Å². The number of benzene rings is 2. The summed E-state index contributed by atoms with van der Waals surface area (Å²) in [5.41, 5.74) is 2.00. The molecular formula is C14H9N3. The van der Waals surface area contributed by atoms with Gasteiger partial charge < -0.3 is 0 Å². The summed E-state index contributed by atoms with van der Waals surface area (Å²) >= 11 is 0. The molecule has 0 saturated heterocycles. The summed E-state index contributed by atoms with van der Waals surface area (Å²) in [6.45, 7) is 0. The van der Waals surface area contributed by atoms with Gasteiger partial charge in [-0.15, -0.1) is 0 Å². The Bertz CT molecular complexity index is 776. The lowest BCUT2D eigenvalue weighted by Crippen LogP contribution is -1.83. The molecule has 0 aliphatic rings. The van der Waals surface area contributed by atoms with Crippen LogP contribution < -0.4 is 0 Å². The highest BCUT2D eigenvalue weighted by molar-refractivity contribution is 6.22. The van der Waals surface area contributed by atoms with Crippen molar-refractivity contribution in [1.82, 2.24) is 15.2 Å². The van der Waals surface area contributed by atoms with E-state index >= 15 is 0 Å². The smallest absolute Gasteiger partial charge is 0.0965 e. The SMILES string of the molecule is c1ccc2c(c1)c1cccnc1c1[nH]ncc21. The first kappa shape index (κ1) is 8.70. The fraction of sp³-hybridized carbons (Fsp3) is 0. The van der Waals surface area contributed by atoms with Crippen LogP contribution in [0, 0.1) is 0 Å². The molecule has 3 nitrogen and oxygen atoms in total. The first-order valence-corrected chi connectivity index (χ1v) is 5.53. The van der Waals surface area contributed by atoms with E-state index in [4.69, 9.17) is 0 Å². The van der Waals surface area contributed by atoms with Crippen molar-refractivity contribution in [1.29, 1.82) is 0 Å². The molecule has 0 aliphatic carbocycles. The molecule has 17 heavy (non-hydrogen) atoms. The van der Waals surface area contributed by atoms with Gasteiger partial charge in [0, 0.05) is 17.0 Å². The zero-order chi connectivity index (χ0) is 11.2. The number of hydrogen-bond acceptors (Lipinski definition) is 2. The summed E-state index contributed by atoms with van der Waals surface area (Å²) in [5, 5.41) is 11.9. The predicted molar refractivity (Wildman–Crippen MR) is 68.9 cm³/mol. The van der Waals surface area contributed by atoms with Crippen molar-refractivity contribution < 1.29 is 0 Å². The number of fused-ring (bicyclic) bond motifs is 6. The summed E-state index contributed by atoms with van der Waals surface area (Å²) in [6.07, 6.45) is 3.68. The minimum Gasteiger partial charge on any atom is -0.276 e. The summed E-state index contributed by atoms with van der Waals surface area (Å²) in [6, 6.07) is 12.4. The van der Waals surface area contributed by atoms with E-state index in [1.165, 1.54) is 16.2 Å². The molecule has 0 saturated carbocycles. The van der Waals surface area contributed by atoms with Crippen LogP contribution in [0.3, 0.4) is 0 Å². The third-order valence-electron chi connectivity index (χ3n) is 3.19. The second kappa shape index (κ2) is 3.04. The molecule has 2 heterocycles. The molecule has 2 aromatic carbocycles. The van der Waals surface area contributed by atoms with Gasteiger partial charge in [0.2, 0.25) is 0 Å². The normalized spacial score (nSPS) is 11.5. The lowest BCUT2D eigenvalue weighted by molar-refractivity contribution is 1.12. The molecule has 0 unspecified atom stereocenters. The van der Waals surface area contributed by atoms with Crippen LogP contribution in [0.15, 0.2) is 48.8 Å². The van der Waals surface area contributed by atoms with Crippen LogP contribution in [0.25, 0.3) is 32.6 Å². The predicted octanol–water partition coefficient (Wildman–Crippen LogP) is 3.26. The van der Waals surface area contributed by atoms with Gasteiger partial charge in [-0.2, -0.15) is 5.10 Å². The Labute approximate surface area is 97.1 Å². The van der Waals surface area contributed by atoms with Crippen molar-refractivity contribution >= 4 is 32.6 Å². The number of aromatic amines is 1. The Kier molecular flexibility index (Phi) is 1.56. The quantitative estimate of drug-likeness (QED) is 0.461. The number of aromatic nitrogens is 3. The number of nitrogens with one attached hydrogen (secondary N) is 1. The Hall–Kier alpha value is -2.42. The average Bonchev–Trinajstić information content (AvgIpc) is 2.89. The lowest BCUT2D eigenvalue weighted by Gasteiger charge is -2.04. The summed E-state index contributed by atoms with van der Waals surface area (Å²) in [7, 11) is 0. The second-order valence-corrected chi connectivity index (χ2v) is 4.10. The Morgan fingerprint density at radius 2 is 1.59 bits per heavy atom. The summed E-state index contributed by atoms with van der Waals surface area (Å²) < 4.78 is 0. The van der Waals surface area contributed by atoms with Gasteiger partial charge in [0.05, 0.1) is 17.2 Å². The van der Waals surface area contributed by atoms with Crippen LogP contribution in [0.4, 0.5) is 0 Å². The third kappa shape index (κ3) is 1.05. The second-order valence-electron chi connectivity index (χ2n) is 4.10. The van der Waals surface area contributed by atoms with Gasteiger partial charge in [0.15, 0.2) is 0 Å². The first-order chi connectivity index (χ1) is 8.45. The number of hydrogen-bond donors (Lipinski definition) is 1. The van der Waals surface area contributed by atoms with E-state index < -0.39 is 0 Å². The zero-order valence-corrected chi connectivity index (χ0v) is 9.01. The third-order valence-corrected chi connectivity index (χ3v) is 3.19. The highest BCUT2D eigenvalue weighted by Crippen LogP contribution is 2.31. The van der Waals surface area contributed by atoms with Gasteiger partial charge in [-0.3, -0.25) is 10.1 Å². The minimum atomic E-state index is 0.985. The number of nitrogens with zero attached hydrogens (tertiary/aromatic N) is 2. The molecule has 80 valence electrons. The van der Waals surface area contributed by atoms with Crippen molar-refractivity contribution in [3.8, 4) is 0 Å². The van der Waals surface area contributed by atoms with Crippen molar-refractivity contribution in [3.63, 3.8) is 0 Å². The molecule has 1 N–H and O–H groups in total. The topological polar surface area (TPSA) is 41.6 Å². The maximum atomic E-state index is 4.46. The van der Waals surface area contributed by atoms with E-state index in [9.17, 15) is 0 Å². The highest BCUT2D eigenvalue weighted by Gasteiger charge is 2.09. The first-order valence-electron chi connectivity index (χ1n) is 5.53. The monoisotopic (exact) mass is 219 g/mol. The average molecular weight is 219 g/mol. The lowest BCUT2D eigenvalue weighted by atomic mass is 10.0. The summed E-state index contributed by atoms with van der Waals surface area (Å²) in [5.74, 6) is 0. The minimum absolute atomic E-state index is 0.985. The van der Waals surface area contributed by atoms with Crippen LogP contribution in [0.1, 0.15) is 0 Å². The van der Waals surface area contributed by atoms with Crippen LogP contribution in [0.2, 0.25) is 0 Å². The molecule has 0 aliphatic heterocycles. The van der Waals surface area contributed by atoms with E-state index in [2.05, 4.69) is 45.5 Å². The van der Waals surface area contributed by atoms with Gasteiger partial charge >= 0.3 is 0 Å². The Balaban J connectivity index is 2.48. The van der Waals surface area contributed by atoms with Crippen LogP contribution in [-0.2, 0) is 0 Å². The molecule has 0 bridgehead atoms. The van der Waals surface area contributed by atoms with Gasteiger partial charge in [-0.05, 0) is 16.8 Å². The molecule has 0 spiro atoms. The number of pyridine rings is 1. The van der Waals surface area contributed by atoms with E-state index in [1.807, 2.05) is 18.5 Å². The fourth-order valence-electron chi connectivity index (χ4n) is 2.45. The molecular weight excluding hydrogens is 210 g/mol. The molecule has 3 heteroatoms. The van der Waals surface area contributed by atoms with Gasteiger partial charge in [0.25, 0.3) is 0 Å². The van der Waals surface area contributed by atoms with Gasteiger partial charge in [-0.25, -0.2) is 0 Å². The van der Waals surface area contributed by atoms with E-state index in [0.29, 0.717) is 0 Å². The van der Waals surface area contributed by atoms with Gasteiger partial charge in [0.1, 0.15) is 0 Å². The van der Waals surface area contributed by atoms with Gasteiger partial charge in [-0.1, -0.05) is 30.3 Å². The fourth-order valence-corrected chi connectivity index (χ4v) is 2.45. The van der Waals surface area contributed by atoms with E-state index in [0.717, 1.165) is 16.4 Å². The van der Waals surface area contributed by atoms with Crippen molar-refractivity contribution in [2.24, 2.45) is 0 Å². The molecule has 0 fully saturated rings. The molecule has 2 aromatic heterocycles. The van der Waals surface area contributed by atoms with Crippen LogP contribution in [-0.4, -0.2) is 15.2 Å².